The molecule has 0 atom stereocenters. The Morgan fingerprint density at radius 2 is 1.55 bits per heavy atom. The molecular formula is C12H15BrF3NO2S. The molecule has 0 aliphatic heterocycles. The number of hydrogen-bond acceptors (Lipinski definition) is 2. The minimum Gasteiger partial charge on any atom is -0.211 e. The minimum atomic E-state index is -4.31. The van der Waals surface area contributed by atoms with Crippen molar-refractivity contribution >= 4 is 26.0 Å². The zero-order chi connectivity index (χ0) is 15.2. The van der Waals surface area contributed by atoms with Gasteiger partial charge in [0.05, 0.1) is 0 Å². The maximum absolute atomic E-state index is 13.4. The van der Waals surface area contributed by atoms with Gasteiger partial charge in [-0.1, -0.05) is 28.8 Å². The fourth-order valence-corrected chi connectivity index (χ4v) is 3.22. The van der Waals surface area contributed by atoms with Gasteiger partial charge in [0.25, 0.3) is 0 Å². The molecule has 0 aliphatic carbocycles. The number of unbranched alkanes of at least 4 members (excludes halogenated alkanes) is 3. The molecule has 1 N–H and O–H groups in total. The highest BCUT2D eigenvalue weighted by Gasteiger charge is 2.24. The maximum Gasteiger partial charge on any atom is 0.246 e. The van der Waals surface area contributed by atoms with Crippen molar-refractivity contribution in [1.29, 1.82) is 0 Å². The van der Waals surface area contributed by atoms with Gasteiger partial charge in [0.15, 0.2) is 4.90 Å². The zero-order valence-corrected chi connectivity index (χ0v) is 13.0. The average molecular weight is 374 g/mol. The van der Waals surface area contributed by atoms with Gasteiger partial charge in [-0.25, -0.2) is 26.3 Å². The van der Waals surface area contributed by atoms with Crippen LogP contribution in [0.5, 0.6) is 0 Å². The van der Waals surface area contributed by atoms with E-state index < -0.39 is 32.4 Å². The molecule has 114 valence electrons. The molecule has 1 rings (SSSR count). The molecule has 8 heteroatoms. The van der Waals surface area contributed by atoms with Crippen LogP contribution in [-0.2, 0) is 10.0 Å². The monoisotopic (exact) mass is 373 g/mol. The van der Waals surface area contributed by atoms with Crippen LogP contribution < -0.4 is 4.72 Å². The Morgan fingerprint density at radius 1 is 1.00 bits per heavy atom. The predicted molar refractivity (Wildman–Crippen MR) is 73.8 cm³/mol. The lowest BCUT2D eigenvalue weighted by Gasteiger charge is -2.08. The van der Waals surface area contributed by atoms with Crippen molar-refractivity contribution in [3.63, 3.8) is 0 Å². The van der Waals surface area contributed by atoms with Crippen molar-refractivity contribution < 1.29 is 21.6 Å². The summed E-state index contributed by atoms with van der Waals surface area (Å²) in [6, 6.07) is 0.682. The molecule has 3 nitrogen and oxygen atoms in total. The van der Waals surface area contributed by atoms with E-state index in [2.05, 4.69) is 20.7 Å². The lowest BCUT2D eigenvalue weighted by molar-refractivity contribution is 0.493. The third kappa shape index (κ3) is 5.06. The van der Waals surface area contributed by atoms with Gasteiger partial charge in [0, 0.05) is 24.0 Å². The van der Waals surface area contributed by atoms with E-state index in [4.69, 9.17) is 0 Å². The summed E-state index contributed by atoms with van der Waals surface area (Å²) in [5.41, 5.74) is 0. The van der Waals surface area contributed by atoms with Crippen LogP contribution in [-0.4, -0.2) is 20.3 Å². The second kappa shape index (κ2) is 7.99. The Bertz CT molecular complexity index is 529. The summed E-state index contributed by atoms with van der Waals surface area (Å²) >= 11 is 3.28. The molecule has 0 radical (unpaired) electrons. The molecule has 20 heavy (non-hydrogen) atoms. The van der Waals surface area contributed by atoms with E-state index in [1.807, 2.05) is 0 Å². The van der Waals surface area contributed by atoms with E-state index in [0.717, 1.165) is 24.6 Å². The number of halogens is 4. The Labute approximate surface area is 124 Å². The van der Waals surface area contributed by atoms with Crippen LogP contribution in [0.2, 0.25) is 0 Å². The normalized spacial score (nSPS) is 11.8. The molecule has 1 aromatic carbocycles. The largest absolute Gasteiger partial charge is 0.246 e. The quantitative estimate of drug-likeness (QED) is 0.561. The standard InChI is InChI=1S/C12H15BrF3NO2S/c13-5-3-1-2-4-6-17-20(18,19)12-10(15)7-9(14)8-11(12)16/h7-8,17H,1-6H2. The molecule has 0 aliphatic rings. The van der Waals surface area contributed by atoms with Crippen molar-refractivity contribution in [1.82, 2.24) is 4.72 Å². The Kier molecular flexibility index (Phi) is 6.97. The molecule has 0 aromatic heterocycles. The first-order chi connectivity index (χ1) is 9.38. The lowest BCUT2D eigenvalue weighted by atomic mass is 10.2. The van der Waals surface area contributed by atoms with Crippen LogP contribution in [0.3, 0.4) is 0 Å². The summed E-state index contributed by atoms with van der Waals surface area (Å²) < 4.78 is 65.1. The number of nitrogens with one attached hydrogen (secondary N) is 1. The van der Waals surface area contributed by atoms with Crippen molar-refractivity contribution in [3.05, 3.63) is 29.6 Å². The van der Waals surface area contributed by atoms with Gasteiger partial charge in [-0.2, -0.15) is 0 Å². The van der Waals surface area contributed by atoms with E-state index in [1.54, 1.807) is 0 Å². The highest BCUT2D eigenvalue weighted by Crippen LogP contribution is 2.19. The molecule has 0 saturated heterocycles. The number of alkyl halides is 1. The summed E-state index contributed by atoms with van der Waals surface area (Å²) in [7, 11) is -4.31. The maximum atomic E-state index is 13.4. The van der Waals surface area contributed by atoms with Gasteiger partial charge < -0.3 is 0 Å². The number of benzene rings is 1. The molecule has 0 amide bonds. The zero-order valence-electron chi connectivity index (χ0n) is 10.6. The summed E-state index contributed by atoms with van der Waals surface area (Å²) in [5.74, 6) is -4.03. The fourth-order valence-electron chi connectivity index (χ4n) is 1.64. The van der Waals surface area contributed by atoms with Crippen molar-refractivity contribution in [2.45, 2.75) is 30.6 Å². The second-order valence-corrected chi connectivity index (χ2v) is 6.70. The van der Waals surface area contributed by atoms with Gasteiger partial charge in [-0.15, -0.1) is 0 Å². The summed E-state index contributed by atoms with van der Waals surface area (Å²) in [4.78, 5) is -1.14. The predicted octanol–water partition coefficient (Wildman–Crippen LogP) is 3.34. The van der Waals surface area contributed by atoms with Crippen molar-refractivity contribution in [2.75, 3.05) is 11.9 Å². The van der Waals surface area contributed by atoms with Crippen LogP contribution in [0.4, 0.5) is 13.2 Å². The Balaban J connectivity index is 2.66. The molecule has 0 spiro atoms. The number of sulfonamides is 1. The van der Waals surface area contributed by atoms with Crippen molar-refractivity contribution in [2.24, 2.45) is 0 Å². The van der Waals surface area contributed by atoms with Crippen LogP contribution in [0.1, 0.15) is 25.7 Å². The van der Waals surface area contributed by atoms with E-state index in [1.165, 1.54) is 0 Å². The first-order valence-corrected chi connectivity index (χ1v) is 8.69. The third-order valence-electron chi connectivity index (χ3n) is 2.58. The summed E-state index contributed by atoms with van der Waals surface area (Å²) in [6.07, 6.45) is 3.29. The molecule has 0 fully saturated rings. The Hall–Kier alpha value is -0.600. The van der Waals surface area contributed by atoms with Crippen LogP contribution in [0, 0.1) is 17.5 Å². The molecule has 0 bridgehead atoms. The molecular weight excluding hydrogens is 359 g/mol. The van der Waals surface area contributed by atoms with E-state index in [0.29, 0.717) is 18.6 Å². The smallest absolute Gasteiger partial charge is 0.211 e. The molecule has 0 saturated carbocycles. The summed E-state index contributed by atoms with van der Waals surface area (Å²) in [6.45, 7) is 0.0842. The number of rotatable bonds is 8. The number of hydrogen-bond donors (Lipinski definition) is 1. The van der Waals surface area contributed by atoms with E-state index >= 15 is 0 Å². The van der Waals surface area contributed by atoms with Crippen molar-refractivity contribution in [3.8, 4) is 0 Å². The molecule has 0 heterocycles. The lowest BCUT2D eigenvalue weighted by Crippen LogP contribution is -2.26. The Morgan fingerprint density at radius 3 is 2.10 bits per heavy atom. The van der Waals surface area contributed by atoms with Gasteiger partial charge in [0.2, 0.25) is 10.0 Å². The highest BCUT2D eigenvalue weighted by atomic mass is 79.9. The topological polar surface area (TPSA) is 46.2 Å². The molecule has 0 unspecified atom stereocenters. The van der Waals surface area contributed by atoms with Crippen LogP contribution in [0.15, 0.2) is 17.0 Å². The first-order valence-electron chi connectivity index (χ1n) is 6.08. The minimum absolute atomic E-state index is 0.0842. The van der Waals surface area contributed by atoms with Crippen LogP contribution >= 0.6 is 15.9 Å². The van der Waals surface area contributed by atoms with Crippen LogP contribution in [0.25, 0.3) is 0 Å². The van der Waals surface area contributed by atoms with E-state index in [9.17, 15) is 21.6 Å². The second-order valence-electron chi connectivity index (χ2n) is 4.20. The van der Waals surface area contributed by atoms with Gasteiger partial charge in [-0.05, 0) is 12.8 Å². The van der Waals surface area contributed by atoms with Gasteiger partial charge >= 0.3 is 0 Å². The van der Waals surface area contributed by atoms with Gasteiger partial charge in [0.1, 0.15) is 17.5 Å². The van der Waals surface area contributed by atoms with E-state index in [-0.39, 0.29) is 6.54 Å². The SMILES string of the molecule is O=S(=O)(NCCCCCCBr)c1c(F)cc(F)cc1F. The first kappa shape index (κ1) is 17.5. The fraction of sp³-hybridized carbons (Fsp3) is 0.500. The third-order valence-corrected chi connectivity index (χ3v) is 4.66. The molecule has 1 aromatic rings. The summed E-state index contributed by atoms with van der Waals surface area (Å²) in [5, 5.41) is 0.880. The highest BCUT2D eigenvalue weighted by molar-refractivity contribution is 9.09. The van der Waals surface area contributed by atoms with Gasteiger partial charge in [-0.3, -0.25) is 0 Å². The average Bonchev–Trinajstić information content (AvgIpc) is 2.31.